The van der Waals surface area contributed by atoms with E-state index < -0.39 is 5.54 Å². The lowest BCUT2D eigenvalue weighted by molar-refractivity contribution is -0.145. The van der Waals surface area contributed by atoms with E-state index in [2.05, 4.69) is 6.92 Å². The number of hydrogen-bond acceptors (Lipinski definition) is 3. The van der Waals surface area contributed by atoms with Crippen molar-refractivity contribution in [3.8, 4) is 0 Å². The Kier molecular flexibility index (Phi) is 8.27. The molecular formula is C27H35NO3. The number of benzene rings is 2. The van der Waals surface area contributed by atoms with Gasteiger partial charge < -0.3 is 4.74 Å². The molecule has 1 heterocycles. The van der Waals surface area contributed by atoms with Crippen molar-refractivity contribution in [2.24, 2.45) is 0 Å². The first-order valence-corrected chi connectivity index (χ1v) is 11.7. The number of ether oxygens (including phenoxy) is 1. The Balaban J connectivity index is 1.62. The van der Waals surface area contributed by atoms with Crippen molar-refractivity contribution < 1.29 is 14.3 Å². The molecule has 0 aliphatic carbocycles. The number of carbonyl (C=O) groups is 2. The zero-order chi connectivity index (χ0) is 22.1. The van der Waals surface area contributed by atoms with Crippen LogP contribution in [0.2, 0.25) is 0 Å². The van der Waals surface area contributed by atoms with Crippen LogP contribution in [-0.2, 0) is 16.0 Å². The van der Waals surface area contributed by atoms with Gasteiger partial charge in [0.2, 0.25) is 0 Å². The second kappa shape index (κ2) is 11.1. The number of nitrogens with zero attached hydrogens (tertiary/aromatic N) is 1. The van der Waals surface area contributed by atoms with Crippen LogP contribution in [0.15, 0.2) is 54.6 Å². The molecule has 4 nitrogen and oxygen atoms in total. The van der Waals surface area contributed by atoms with Crippen LogP contribution in [0.1, 0.15) is 81.1 Å². The molecule has 1 unspecified atom stereocenters. The maximum atomic E-state index is 13.4. The van der Waals surface area contributed by atoms with Gasteiger partial charge in [-0.1, -0.05) is 81.8 Å². The Bertz CT molecular complexity index is 864. The van der Waals surface area contributed by atoms with Gasteiger partial charge in [0.25, 0.3) is 5.91 Å². The Labute approximate surface area is 186 Å². The summed E-state index contributed by atoms with van der Waals surface area (Å²) in [5.41, 5.74) is 1.93. The normalized spacial score (nSPS) is 18.0. The lowest BCUT2D eigenvalue weighted by atomic mass is 9.83. The van der Waals surface area contributed by atoms with Gasteiger partial charge in [0.15, 0.2) is 0 Å². The number of unbranched alkanes of at least 4 members (excludes halogenated alkanes) is 6. The van der Waals surface area contributed by atoms with Crippen LogP contribution >= 0.6 is 0 Å². The lowest BCUT2D eigenvalue weighted by Crippen LogP contribution is -2.58. The minimum absolute atomic E-state index is 0.0429. The molecule has 166 valence electrons. The monoisotopic (exact) mass is 421 g/mol. The van der Waals surface area contributed by atoms with Crippen LogP contribution in [0.5, 0.6) is 0 Å². The molecule has 3 rings (SSSR count). The molecular weight excluding hydrogens is 386 g/mol. The third-order valence-electron chi connectivity index (χ3n) is 6.10. The van der Waals surface area contributed by atoms with E-state index in [0.29, 0.717) is 12.8 Å². The summed E-state index contributed by atoms with van der Waals surface area (Å²) in [5.74, 6) is -0.215. The SMILES string of the molecule is CCCCCCCCCC(=O)OCC1(C)Cc2ccccc2C(=O)N1c1ccccc1. The highest BCUT2D eigenvalue weighted by Crippen LogP contribution is 2.35. The number of para-hydroxylation sites is 1. The summed E-state index contributed by atoms with van der Waals surface area (Å²) < 4.78 is 5.71. The second-order valence-electron chi connectivity index (χ2n) is 8.84. The average Bonchev–Trinajstić information content (AvgIpc) is 2.78. The molecule has 31 heavy (non-hydrogen) atoms. The summed E-state index contributed by atoms with van der Waals surface area (Å²) in [4.78, 5) is 27.6. The molecule has 0 aromatic heterocycles. The van der Waals surface area contributed by atoms with Gasteiger partial charge in [0.1, 0.15) is 6.61 Å². The van der Waals surface area contributed by atoms with Crippen LogP contribution in [0.25, 0.3) is 0 Å². The van der Waals surface area contributed by atoms with Crippen LogP contribution in [-0.4, -0.2) is 24.0 Å². The second-order valence-corrected chi connectivity index (χ2v) is 8.84. The van der Waals surface area contributed by atoms with Gasteiger partial charge >= 0.3 is 5.97 Å². The molecule has 0 fully saturated rings. The Morgan fingerprint density at radius 1 is 0.935 bits per heavy atom. The number of hydrogen-bond donors (Lipinski definition) is 0. The van der Waals surface area contributed by atoms with Crippen molar-refractivity contribution in [2.45, 2.75) is 77.2 Å². The van der Waals surface area contributed by atoms with E-state index in [-0.39, 0.29) is 18.5 Å². The minimum Gasteiger partial charge on any atom is -0.463 e. The van der Waals surface area contributed by atoms with Crippen molar-refractivity contribution in [3.05, 3.63) is 65.7 Å². The summed E-state index contributed by atoms with van der Waals surface area (Å²) in [6, 6.07) is 17.4. The van der Waals surface area contributed by atoms with Gasteiger partial charge in [0, 0.05) is 17.7 Å². The molecule has 1 atom stereocenters. The molecule has 1 amide bonds. The largest absolute Gasteiger partial charge is 0.463 e. The maximum absolute atomic E-state index is 13.4. The van der Waals surface area contributed by atoms with Crippen molar-refractivity contribution in [3.63, 3.8) is 0 Å². The van der Waals surface area contributed by atoms with Crippen LogP contribution in [0, 0.1) is 0 Å². The van der Waals surface area contributed by atoms with E-state index >= 15 is 0 Å². The highest BCUT2D eigenvalue weighted by atomic mass is 16.5. The number of anilines is 1. The van der Waals surface area contributed by atoms with Gasteiger partial charge in [-0.2, -0.15) is 0 Å². The number of amides is 1. The molecule has 0 bridgehead atoms. The van der Waals surface area contributed by atoms with E-state index in [1.54, 1.807) is 4.90 Å². The standard InChI is InChI=1S/C27H35NO3/c1-3-4-5-6-7-8-12-19-25(29)31-21-27(2)20-22-15-13-14-18-24(22)26(30)28(27)23-16-10-9-11-17-23/h9-11,13-18H,3-8,12,19-21H2,1-2H3. The van der Waals surface area contributed by atoms with Crippen molar-refractivity contribution in [2.75, 3.05) is 11.5 Å². The lowest BCUT2D eigenvalue weighted by Gasteiger charge is -2.44. The number of rotatable bonds is 11. The van der Waals surface area contributed by atoms with Crippen molar-refractivity contribution in [1.29, 1.82) is 0 Å². The predicted molar refractivity (Wildman–Crippen MR) is 125 cm³/mol. The molecule has 0 radical (unpaired) electrons. The van der Waals surface area contributed by atoms with Gasteiger partial charge in [0.05, 0.1) is 5.54 Å². The highest BCUT2D eigenvalue weighted by molar-refractivity contribution is 6.09. The molecule has 4 heteroatoms. The molecule has 2 aromatic carbocycles. The third kappa shape index (κ3) is 5.96. The molecule has 0 saturated heterocycles. The van der Waals surface area contributed by atoms with E-state index in [1.807, 2.05) is 61.5 Å². The van der Waals surface area contributed by atoms with Gasteiger partial charge in [-0.15, -0.1) is 0 Å². The van der Waals surface area contributed by atoms with Gasteiger partial charge in [-0.05, 0) is 43.5 Å². The predicted octanol–water partition coefficient (Wildman–Crippen LogP) is 6.33. The molecule has 0 spiro atoms. The van der Waals surface area contributed by atoms with Gasteiger partial charge in [-0.25, -0.2) is 0 Å². The minimum atomic E-state index is -0.622. The number of esters is 1. The summed E-state index contributed by atoms with van der Waals surface area (Å²) >= 11 is 0. The first kappa shape index (κ1) is 23.1. The molecule has 1 aliphatic rings. The zero-order valence-corrected chi connectivity index (χ0v) is 18.9. The average molecular weight is 422 g/mol. The first-order valence-electron chi connectivity index (χ1n) is 11.7. The Morgan fingerprint density at radius 3 is 2.32 bits per heavy atom. The topological polar surface area (TPSA) is 46.6 Å². The summed E-state index contributed by atoms with van der Waals surface area (Å²) in [5, 5.41) is 0. The summed E-state index contributed by atoms with van der Waals surface area (Å²) in [6.07, 6.45) is 9.27. The summed E-state index contributed by atoms with van der Waals surface area (Å²) in [7, 11) is 0. The quantitative estimate of drug-likeness (QED) is 0.314. The van der Waals surface area contributed by atoms with E-state index in [0.717, 1.165) is 29.7 Å². The van der Waals surface area contributed by atoms with Crippen LogP contribution < -0.4 is 4.90 Å². The smallest absolute Gasteiger partial charge is 0.305 e. The van der Waals surface area contributed by atoms with Crippen LogP contribution in [0.4, 0.5) is 5.69 Å². The zero-order valence-electron chi connectivity index (χ0n) is 18.9. The molecule has 2 aromatic rings. The Hall–Kier alpha value is -2.62. The number of fused-ring (bicyclic) bond motifs is 1. The molecule has 1 aliphatic heterocycles. The molecule has 0 N–H and O–H groups in total. The van der Waals surface area contributed by atoms with E-state index in [9.17, 15) is 9.59 Å². The van der Waals surface area contributed by atoms with Crippen molar-refractivity contribution >= 4 is 17.6 Å². The number of carbonyl (C=O) groups excluding carboxylic acids is 2. The Morgan fingerprint density at radius 2 is 1.58 bits per heavy atom. The van der Waals surface area contributed by atoms with Crippen molar-refractivity contribution in [1.82, 2.24) is 0 Å². The summed E-state index contributed by atoms with van der Waals surface area (Å²) in [6.45, 7) is 4.42. The fraction of sp³-hybridized carbons (Fsp3) is 0.481. The van der Waals surface area contributed by atoms with E-state index in [4.69, 9.17) is 4.74 Å². The third-order valence-corrected chi connectivity index (χ3v) is 6.10. The first-order chi connectivity index (χ1) is 15.0. The molecule has 0 saturated carbocycles. The van der Waals surface area contributed by atoms with E-state index in [1.165, 1.54) is 32.1 Å². The van der Waals surface area contributed by atoms with Crippen LogP contribution in [0.3, 0.4) is 0 Å². The van der Waals surface area contributed by atoms with Gasteiger partial charge in [-0.3, -0.25) is 14.5 Å². The fourth-order valence-corrected chi connectivity index (χ4v) is 4.39. The highest BCUT2D eigenvalue weighted by Gasteiger charge is 2.43. The maximum Gasteiger partial charge on any atom is 0.305 e. The fourth-order valence-electron chi connectivity index (χ4n) is 4.39.